The number of carbonyl (C=O) groups is 1. The minimum Gasteiger partial charge on any atom is -0.478 e. The maximum atomic E-state index is 11.0. The summed E-state index contributed by atoms with van der Waals surface area (Å²) in [5, 5.41) is 9.06. The summed E-state index contributed by atoms with van der Waals surface area (Å²) in [6.45, 7) is 12.3. The molecule has 0 fully saturated rings. The first-order valence-electron chi connectivity index (χ1n) is 6.96. The Morgan fingerprint density at radius 3 is 2.26 bits per heavy atom. The molecule has 1 N–H and O–H groups in total. The van der Waals surface area contributed by atoms with Crippen LogP contribution in [0.3, 0.4) is 0 Å². The summed E-state index contributed by atoms with van der Waals surface area (Å²) < 4.78 is 0. The minimum atomic E-state index is -0.834. The zero-order valence-corrected chi connectivity index (χ0v) is 13.1. The quantitative estimate of drug-likeness (QED) is 0.581. The molecule has 2 heteroatoms. The highest BCUT2D eigenvalue weighted by Crippen LogP contribution is 2.41. The van der Waals surface area contributed by atoms with Crippen molar-refractivity contribution in [3.05, 3.63) is 33.9 Å². The fraction of sp³-hybridized carbons (Fsp3) is 0.588. The van der Waals surface area contributed by atoms with Crippen molar-refractivity contribution in [2.75, 3.05) is 0 Å². The Kier molecular flexibility index (Phi) is 4.78. The molecule has 0 aromatic rings. The lowest BCUT2D eigenvalue weighted by atomic mass is 9.72. The number of aliphatic carboxylic acids is 1. The van der Waals surface area contributed by atoms with Crippen LogP contribution < -0.4 is 0 Å². The van der Waals surface area contributed by atoms with Gasteiger partial charge in [-0.25, -0.2) is 4.79 Å². The lowest BCUT2D eigenvalue weighted by Gasteiger charge is -2.33. The average molecular weight is 262 g/mol. The van der Waals surface area contributed by atoms with Gasteiger partial charge in [0.15, 0.2) is 0 Å². The molecule has 0 aromatic carbocycles. The van der Waals surface area contributed by atoms with Gasteiger partial charge in [0, 0.05) is 5.57 Å². The van der Waals surface area contributed by atoms with Crippen molar-refractivity contribution in [3.63, 3.8) is 0 Å². The number of hydrogen-bond acceptors (Lipinski definition) is 1. The fourth-order valence-corrected chi connectivity index (χ4v) is 2.74. The van der Waals surface area contributed by atoms with E-state index in [1.807, 2.05) is 13.8 Å². The standard InChI is InChI=1S/C17H26O2/c1-11-8-7-9-17(5,6)15(11)10-12(2)13(3)14(4)16(18)19/h10H,7-9H2,1-6H3,(H,18,19). The first kappa shape index (κ1) is 15.7. The second-order valence-corrected chi connectivity index (χ2v) is 6.31. The van der Waals surface area contributed by atoms with E-state index in [1.165, 1.54) is 24.0 Å². The Morgan fingerprint density at radius 1 is 1.21 bits per heavy atom. The van der Waals surface area contributed by atoms with Crippen LogP contribution >= 0.6 is 0 Å². The summed E-state index contributed by atoms with van der Waals surface area (Å²) in [6.07, 6.45) is 5.79. The monoisotopic (exact) mass is 262 g/mol. The van der Waals surface area contributed by atoms with E-state index in [4.69, 9.17) is 5.11 Å². The van der Waals surface area contributed by atoms with Gasteiger partial charge in [-0.2, -0.15) is 0 Å². The summed E-state index contributed by atoms with van der Waals surface area (Å²) in [6, 6.07) is 0. The Hall–Kier alpha value is -1.31. The predicted octanol–water partition coefficient (Wildman–Crippen LogP) is 4.88. The number of hydrogen-bond donors (Lipinski definition) is 1. The maximum absolute atomic E-state index is 11.0. The Bertz CT molecular complexity index is 473. The molecule has 0 aromatic heterocycles. The summed E-state index contributed by atoms with van der Waals surface area (Å²) >= 11 is 0. The van der Waals surface area contributed by atoms with Gasteiger partial charge in [-0.3, -0.25) is 0 Å². The van der Waals surface area contributed by atoms with Crippen LogP contribution in [0.25, 0.3) is 0 Å². The van der Waals surface area contributed by atoms with Crippen LogP contribution in [0.15, 0.2) is 33.9 Å². The molecule has 19 heavy (non-hydrogen) atoms. The molecule has 2 nitrogen and oxygen atoms in total. The predicted molar refractivity (Wildman–Crippen MR) is 80.1 cm³/mol. The van der Waals surface area contributed by atoms with Crippen molar-refractivity contribution in [3.8, 4) is 0 Å². The minimum absolute atomic E-state index is 0.195. The summed E-state index contributed by atoms with van der Waals surface area (Å²) in [7, 11) is 0. The van der Waals surface area contributed by atoms with Crippen LogP contribution in [0.1, 0.15) is 60.8 Å². The molecule has 0 saturated carbocycles. The molecule has 0 amide bonds. The second kappa shape index (κ2) is 5.77. The number of carboxylic acids is 1. The smallest absolute Gasteiger partial charge is 0.331 e. The van der Waals surface area contributed by atoms with Crippen LogP contribution in [0.4, 0.5) is 0 Å². The maximum Gasteiger partial charge on any atom is 0.331 e. The van der Waals surface area contributed by atoms with E-state index in [2.05, 4.69) is 26.8 Å². The molecule has 0 spiro atoms. The number of allylic oxidation sites excluding steroid dienone is 5. The van der Waals surface area contributed by atoms with E-state index in [9.17, 15) is 4.79 Å². The van der Waals surface area contributed by atoms with Crippen LogP contribution in [-0.2, 0) is 4.79 Å². The van der Waals surface area contributed by atoms with E-state index in [-0.39, 0.29) is 5.41 Å². The Balaban J connectivity index is 3.21. The third kappa shape index (κ3) is 3.59. The molecule has 0 bridgehead atoms. The van der Waals surface area contributed by atoms with Crippen molar-refractivity contribution >= 4 is 5.97 Å². The van der Waals surface area contributed by atoms with Crippen molar-refractivity contribution in [1.82, 2.24) is 0 Å². The summed E-state index contributed by atoms with van der Waals surface area (Å²) in [5.41, 5.74) is 5.38. The molecule has 0 saturated heterocycles. The molecular formula is C17H26O2. The molecule has 0 radical (unpaired) electrons. The molecular weight excluding hydrogens is 236 g/mol. The van der Waals surface area contributed by atoms with Crippen LogP contribution in [0.2, 0.25) is 0 Å². The van der Waals surface area contributed by atoms with Gasteiger partial charge in [-0.15, -0.1) is 0 Å². The van der Waals surface area contributed by atoms with E-state index >= 15 is 0 Å². The second-order valence-electron chi connectivity index (χ2n) is 6.31. The zero-order chi connectivity index (χ0) is 14.8. The Morgan fingerprint density at radius 2 is 1.79 bits per heavy atom. The molecule has 106 valence electrons. The highest BCUT2D eigenvalue weighted by molar-refractivity contribution is 5.87. The van der Waals surface area contributed by atoms with Gasteiger partial charge in [0.2, 0.25) is 0 Å². The van der Waals surface area contributed by atoms with Gasteiger partial charge in [0.1, 0.15) is 0 Å². The van der Waals surface area contributed by atoms with Gasteiger partial charge in [-0.05, 0) is 69.1 Å². The molecule has 1 aliphatic carbocycles. The topological polar surface area (TPSA) is 37.3 Å². The molecule has 1 aliphatic rings. The summed E-state index contributed by atoms with van der Waals surface area (Å²) in [5.74, 6) is -0.834. The van der Waals surface area contributed by atoms with Gasteiger partial charge in [-0.1, -0.05) is 25.5 Å². The van der Waals surface area contributed by atoms with Crippen molar-refractivity contribution in [2.45, 2.75) is 60.8 Å². The SMILES string of the molecule is CC(=CC1=C(C)CCCC1(C)C)C(C)=C(C)C(=O)O. The molecule has 0 heterocycles. The third-order valence-electron chi connectivity index (χ3n) is 4.38. The van der Waals surface area contributed by atoms with Gasteiger partial charge in [0.25, 0.3) is 0 Å². The normalized spacial score (nSPS) is 21.3. The first-order chi connectivity index (χ1) is 8.66. The molecule has 0 atom stereocenters. The highest BCUT2D eigenvalue weighted by atomic mass is 16.4. The van der Waals surface area contributed by atoms with Gasteiger partial charge >= 0.3 is 5.97 Å². The lowest BCUT2D eigenvalue weighted by Crippen LogP contribution is -2.19. The number of carboxylic acid groups (broad SMARTS) is 1. The van der Waals surface area contributed by atoms with E-state index in [0.717, 1.165) is 17.6 Å². The van der Waals surface area contributed by atoms with E-state index < -0.39 is 5.97 Å². The molecule has 0 aliphatic heterocycles. The first-order valence-corrected chi connectivity index (χ1v) is 6.96. The third-order valence-corrected chi connectivity index (χ3v) is 4.38. The van der Waals surface area contributed by atoms with E-state index in [0.29, 0.717) is 5.57 Å². The fourth-order valence-electron chi connectivity index (χ4n) is 2.74. The largest absolute Gasteiger partial charge is 0.478 e. The van der Waals surface area contributed by atoms with Crippen molar-refractivity contribution < 1.29 is 9.90 Å². The molecule has 0 unspecified atom stereocenters. The van der Waals surface area contributed by atoms with Crippen LogP contribution in [0, 0.1) is 5.41 Å². The van der Waals surface area contributed by atoms with Gasteiger partial charge < -0.3 is 5.11 Å². The average Bonchev–Trinajstić information content (AvgIpc) is 2.31. The lowest BCUT2D eigenvalue weighted by molar-refractivity contribution is -0.132. The zero-order valence-electron chi connectivity index (χ0n) is 13.1. The van der Waals surface area contributed by atoms with Crippen LogP contribution in [0.5, 0.6) is 0 Å². The molecule has 1 rings (SSSR count). The van der Waals surface area contributed by atoms with Crippen LogP contribution in [-0.4, -0.2) is 11.1 Å². The highest BCUT2D eigenvalue weighted by Gasteiger charge is 2.27. The number of rotatable bonds is 3. The Labute approximate surface area is 116 Å². The summed E-state index contributed by atoms with van der Waals surface area (Å²) in [4.78, 5) is 11.0. The van der Waals surface area contributed by atoms with Gasteiger partial charge in [0.05, 0.1) is 0 Å². The van der Waals surface area contributed by atoms with Crippen molar-refractivity contribution in [2.24, 2.45) is 5.41 Å². The van der Waals surface area contributed by atoms with E-state index in [1.54, 1.807) is 6.92 Å². The van der Waals surface area contributed by atoms with Crippen molar-refractivity contribution in [1.29, 1.82) is 0 Å².